The van der Waals surface area contributed by atoms with Crippen LogP contribution in [0.25, 0.3) is 10.9 Å². The van der Waals surface area contributed by atoms with E-state index in [-0.39, 0.29) is 16.5 Å². The van der Waals surface area contributed by atoms with Crippen molar-refractivity contribution >= 4 is 33.9 Å². The van der Waals surface area contributed by atoms with Gasteiger partial charge >= 0.3 is 0 Å². The predicted molar refractivity (Wildman–Crippen MR) is 72.4 cm³/mol. The van der Waals surface area contributed by atoms with E-state index in [1.54, 1.807) is 6.20 Å². The number of H-pyrrole nitrogens is 1. The van der Waals surface area contributed by atoms with Gasteiger partial charge in [0.05, 0.1) is 5.56 Å². The number of nitrogens with two attached hydrogens (primary N) is 1. The number of aromatic amines is 1. The second-order valence-electron chi connectivity index (χ2n) is 3.98. The van der Waals surface area contributed by atoms with Gasteiger partial charge < -0.3 is 10.7 Å². The molecule has 6 heteroatoms. The Morgan fingerprint density at radius 1 is 1.26 bits per heavy atom. The third-order valence-corrected chi connectivity index (χ3v) is 3.63. The minimum absolute atomic E-state index is 0.119. The number of fused-ring (bicyclic) bond motifs is 1. The summed E-state index contributed by atoms with van der Waals surface area (Å²) in [6, 6.07) is 7.51. The largest absolute Gasteiger partial charge is 0.364 e. The second-order valence-corrected chi connectivity index (χ2v) is 4.84. The molecule has 19 heavy (non-hydrogen) atoms. The minimum Gasteiger partial charge on any atom is -0.364 e. The van der Waals surface area contributed by atoms with Gasteiger partial charge in [0.15, 0.2) is 5.01 Å². The van der Waals surface area contributed by atoms with Crippen LogP contribution in [-0.4, -0.2) is 21.7 Å². The lowest BCUT2D eigenvalue weighted by Crippen LogP contribution is -2.12. The van der Waals surface area contributed by atoms with E-state index in [0.29, 0.717) is 5.56 Å². The van der Waals surface area contributed by atoms with Crippen LogP contribution < -0.4 is 5.73 Å². The summed E-state index contributed by atoms with van der Waals surface area (Å²) in [5.41, 5.74) is 6.67. The van der Waals surface area contributed by atoms with Crippen molar-refractivity contribution < 1.29 is 9.59 Å². The smallest absolute Gasteiger partial charge is 0.268 e. The molecule has 0 saturated heterocycles. The van der Waals surface area contributed by atoms with Gasteiger partial charge in [-0.1, -0.05) is 18.2 Å². The third-order valence-electron chi connectivity index (χ3n) is 2.78. The summed E-state index contributed by atoms with van der Waals surface area (Å²) in [4.78, 5) is 30.3. The van der Waals surface area contributed by atoms with Crippen LogP contribution >= 0.6 is 11.3 Å². The standard InChI is InChI=1S/C13H9N3O2S/c14-12(18)10-6-19-13(16-10)11(17)8-5-15-9-4-2-1-3-7(8)9/h1-6,15H,(H2,14,18). The number of aromatic nitrogens is 2. The molecule has 0 atom stereocenters. The maximum atomic E-state index is 12.3. The fraction of sp³-hybridized carbons (Fsp3) is 0. The topological polar surface area (TPSA) is 88.8 Å². The number of hydrogen-bond donors (Lipinski definition) is 2. The van der Waals surface area contributed by atoms with Gasteiger partial charge in [0.1, 0.15) is 5.69 Å². The van der Waals surface area contributed by atoms with Crippen LogP contribution in [0.1, 0.15) is 25.9 Å². The number of nitrogens with one attached hydrogen (secondary N) is 1. The number of thiazole rings is 1. The Labute approximate surface area is 112 Å². The number of primary amides is 1. The molecular formula is C13H9N3O2S. The highest BCUT2D eigenvalue weighted by molar-refractivity contribution is 7.12. The zero-order valence-corrected chi connectivity index (χ0v) is 10.5. The van der Waals surface area contributed by atoms with Gasteiger partial charge in [-0.15, -0.1) is 11.3 Å². The Hall–Kier alpha value is -2.47. The SMILES string of the molecule is NC(=O)c1csc(C(=O)c2c[nH]c3ccccc23)n1. The fourth-order valence-corrected chi connectivity index (χ4v) is 2.63. The molecule has 1 aromatic carbocycles. The maximum Gasteiger partial charge on any atom is 0.268 e. The molecule has 0 aliphatic carbocycles. The van der Waals surface area contributed by atoms with Gasteiger partial charge in [0.25, 0.3) is 5.91 Å². The Morgan fingerprint density at radius 2 is 2.05 bits per heavy atom. The molecule has 3 aromatic rings. The van der Waals surface area contributed by atoms with Crippen molar-refractivity contribution in [2.45, 2.75) is 0 Å². The van der Waals surface area contributed by atoms with Crippen molar-refractivity contribution in [3.63, 3.8) is 0 Å². The lowest BCUT2D eigenvalue weighted by molar-refractivity contribution is 0.0996. The van der Waals surface area contributed by atoms with E-state index in [2.05, 4.69) is 9.97 Å². The lowest BCUT2D eigenvalue weighted by Gasteiger charge is -1.94. The number of amides is 1. The summed E-state index contributed by atoms with van der Waals surface area (Å²) in [6.45, 7) is 0. The molecule has 1 amide bonds. The van der Waals surface area contributed by atoms with Crippen molar-refractivity contribution in [3.8, 4) is 0 Å². The molecule has 5 nitrogen and oxygen atoms in total. The first-order valence-corrected chi connectivity index (χ1v) is 6.41. The van der Waals surface area contributed by atoms with E-state index in [4.69, 9.17) is 5.73 Å². The van der Waals surface area contributed by atoms with Gasteiger partial charge in [-0.05, 0) is 6.07 Å². The van der Waals surface area contributed by atoms with Crippen LogP contribution in [0.15, 0.2) is 35.8 Å². The summed E-state index contributed by atoms with van der Waals surface area (Å²) in [5, 5.41) is 2.59. The molecule has 0 saturated carbocycles. The van der Waals surface area contributed by atoms with E-state index in [1.807, 2.05) is 24.3 Å². The van der Waals surface area contributed by atoms with E-state index >= 15 is 0 Å². The number of benzene rings is 1. The molecule has 0 radical (unpaired) electrons. The first kappa shape index (κ1) is 11.6. The maximum absolute atomic E-state index is 12.3. The summed E-state index contributed by atoms with van der Waals surface area (Å²) in [6.07, 6.45) is 1.65. The van der Waals surface area contributed by atoms with Crippen LogP contribution in [0.3, 0.4) is 0 Å². The first-order valence-electron chi connectivity index (χ1n) is 5.53. The minimum atomic E-state index is -0.630. The number of para-hydroxylation sites is 1. The zero-order valence-electron chi connectivity index (χ0n) is 9.71. The average molecular weight is 271 g/mol. The summed E-state index contributed by atoms with van der Waals surface area (Å²) in [7, 11) is 0. The molecular weight excluding hydrogens is 262 g/mol. The number of carbonyl (C=O) groups excluding carboxylic acids is 2. The van der Waals surface area contributed by atoms with E-state index in [1.165, 1.54) is 5.38 Å². The summed E-state index contributed by atoms with van der Waals surface area (Å²) < 4.78 is 0. The molecule has 0 bridgehead atoms. The van der Waals surface area contributed by atoms with E-state index < -0.39 is 5.91 Å². The summed E-state index contributed by atoms with van der Waals surface area (Å²) in [5.74, 6) is -0.843. The molecule has 0 unspecified atom stereocenters. The lowest BCUT2D eigenvalue weighted by atomic mass is 10.1. The van der Waals surface area contributed by atoms with Crippen molar-refractivity contribution in [3.05, 3.63) is 52.1 Å². The predicted octanol–water partition coefficient (Wildman–Crippen LogP) is 1.95. The van der Waals surface area contributed by atoms with Crippen LogP contribution in [0.2, 0.25) is 0 Å². The van der Waals surface area contributed by atoms with Crippen molar-refractivity contribution in [1.82, 2.24) is 9.97 Å². The molecule has 0 fully saturated rings. The Bertz CT molecular complexity index is 788. The molecule has 2 heterocycles. The van der Waals surface area contributed by atoms with Crippen LogP contribution in [0.5, 0.6) is 0 Å². The summed E-state index contributed by atoms with van der Waals surface area (Å²) >= 11 is 1.12. The quantitative estimate of drug-likeness (QED) is 0.713. The van der Waals surface area contributed by atoms with Crippen molar-refractivity contribution in [1.29, 1.82) is 0 Å². The monoisotopic (exact) mass is 271 g/mol. The van der Waals surface area contributed by atoms with Gasteiger partial charge in [-0.25, -0.2) is 4.98 Å². The van der Waals surface area contributed by atoms with Crippen LogP contribution in [0, 0.1) is 0 Å². The Kier molecular flexibility index (Phi) is 2.64. The van der Waals surface area contributed by atoms with Crippen LogP contribution in [0.4, 0.5) is 0 Å². The number of carbonyl (C=O) groups is 2. The van der Waals surface area contributed by atoms with Crippen LogP contribution in [-0.2, 0) is 0 Å². The Balaban J connectivity index is 2.05. The molecule has 0 aliphatic rings. The van der Waals surface area contributed by atoms with Crippen molar-refractivity contribution in [2.24, 2.45) is 5.73 Å². The average Bonchev–Trinajstić information content (AvgIpc) is 3.05. The molecule has 3 N–H and O–H groups in total. The highest BCUT2D eigenvalue weighted by atomic mass is 32.1. The molecule has 2 aromatic heterocycles. The van der Waals surface area contributed by atoms with Gasteiger partial charge in [0.2, 0.25) is 5.78 Å². The van der Waals surface area contributed by atoms with Gasteiger partial charge in [-0.2, -0.15) is 0 Å². The Morgan fingerprint density at radius 3 is 2.79 bits per heavy atom. The molecule has 0 spiro atoms. The number of nitrogens with zero attached hydrogens (tertiary/aromatic N) is 1. The molecule has 94 valence electrons. The fourth-order valence-electron chi connectivity index (χ4n) is 1.87. The zero-order chi connectivity index (χ0) is 13.4. The second kappa shape index (κ2) is 4.33. The third kappa shape index (κ3) is 1.92. The molecule has 3 rings (SSSR count). The van der Waals surface area contributed by atoms with Crippen molar-refractivity contribution in [2.75, 3.05) is 0 Å². The number of rotatable bonds is 3. The first-order chi connectivity index (χ1) is 9.16. The normalized spacial score (nSPS) is 10.7. The number of hydrogen-bond acceptors (Lipinski definition) is 4. The highest BCUT2D eigenvalue weighted by Gasteiger charge is 2.18. The molecule has 0 aliphatic heterocycles. The van der Waals surface area contributed by atoms with E-state index in [9.17, 15) is 9.59 Å². The van der Waals surface area contributed by atoms with Gasteiger partial charge in [-0.3, -0.25) is 9.59 Å². The van der Waals surface area contributed by atoms with Gasteiger partial charge in [0, 0.05) is 22.5 Å². The highest BCUT2D eigenvalue weighted by Crippen LogP contribution is 2.22. The van der Waals surface area contributed by atoms with E-state index in [0.717, 1.165) is 22.2 Å². The number of ketones is 1.